The molecule has 0 nitrogen and oxygen atoms in total. The molecule has 1 aromatic rings. The Hall–Kier alpha value is -0.780. The van der Waals surface area contributed by atoms with E-state index in [1.807, 2.05) is 13.8 Å². The number of rotatable bonds is 0. The molecule has 0 N–H and O–H groups in total. The molecule has 3 aliphatic rings. The molecule has 0 heteroatoms. The number of benzene rings is 1. The van der Waals surface area contributed by atoms with Gasteiger partial charge in [-0.2, -0.15) is 0 Å². The van der Waals surface area contributed by atoms with Crippen molar-refractivity contribution in [3.05, 3.63) is 35.4 Å². The van der Waals surface area contributed by atoms with E-state index in [1.165, 1.54) is 38.5 Å². The van der Waals surface area contributed by atoms with E-state index in [9.17, 15) is 0 Å². The lowest BCUT2D eigenvalue weighted by Crippen LogP contribution is -2.35. The van der Waals surface area contributed by atoms with Gasteiger partial charge in [-0.1, -0.05) is 51.5 Å². The van der Waals surface area contributed by atoms with Gasteiger partial charge in [-0.05, 0) is 66.4 Å². The first kappa shape index (κ1) is 13.2. The molecule has 0 heterocycles. The van der Waals surface area contributed by atoms with Crippen molar-refractivity contribution in [2.75, 3.05) is 0 Å². The largest absolute Gasteiger partial charge is 0.0683 e. The molecule has 1 aromatic carbocycles. The van der Waals surface area contributed by atoms with Crippen molar-refractivity contribution in [1.29, 1.82) is 0 Å². The van der Waals surface area contributed by atoms with E-state index in [1.54, 1.807) is 11.1 Å². The maximum absolute atomic E-state index is 2.57. The zero-order valence-electron chi connectivity index (χ0n) is 12.8. The second kappa shape index (κ2) is 4.96. The highest BCUT2D eigenvalue weighted by molar-refractivity contribution is 5.37. The molecule has 19 heavy (non-hydrogen) atoms. The smallest absolute Gasteiger partial charge is 0.0125 e. The SMILES string of the molecule is CC.CC12CCCC1C1Cc3ccccc3C1CC2. The predicted molar refractivity (Wildman–Crippen MR) is 82.4 cm³/mol. The van der Waals surface area contributed by atoms with Gasteiger partial charge in [-0.3, -0.25) is 0 Å². The Morgan fingerprint density at radius 1 is 1.05 bits per heavy atom. The maximum atomic E-state index is 2.57. The predicted octanol–water partition coefficient (Wildman–Crippen LogP) is 5.57. The monoisotopic (exact) mass is 256 g/mol. The lowest BCUT2D eigenvalue weighted by atomic mass is 9.61. The topological polar surface area (TPSA) is 0 Å². The van der Waals surface area contributed by atoms with Crippen LogP contribution in [0.3, 0.4) is 0 Å². The quantitative estimate of drug-likeness (QED) is 0.569. The van der Waals surface area contributed by atoms with Gasteiger partial charge >= 0.3 is 0 Å². The van der Waals surface area contributed by atoms with Crippen molar-refractivity contribution in [2.24, 2.45) is 17.3 Å². The van der Waals surface area contributed by atoms with Crippen LogP contribution in [0, 0.1) is 17.3 Å². The van der Waals surface area contributed by atoms with Gasteiger partial charge in [0.15, 0.2) is 0 Å². The van der Waals surface area contributed by atoms with Crippen LogP contribution >= 0.6 is 0 Å². The van der Waals surface area contributed by atoms with Gasteiger partial charge in [0, 0.05) is 0 Å². The molecule has 0 saturated heterocycles. The zero-order valence-corrected chi connectivity index (χ0v) is 12.8. The van der Waals surface area contributed by atoms with Crippen molar-refractivity contribution in [2.45, 2.75) is 65.2 Å². The fourth-order valence-corrected chi connectivity index (χ4v) is 5.29. The molecular weight excluding hydrogens is 228 g/mol. The van der Waals surface area contributed by atoms with Gasteiger partial charge in [0.2, 0.25) is 0 Å². The van der Waals surface area contributed by atoms with Crippen LogP contribution in [0.15, 0.2) is 24.3 Å². The van der Waals surface area contributed by atoms with E-state index in [2.05, 4.69) is 31.2 Å². The summed E-state index contributed by atoms with van der Waals surface area (Å²) < 4.78 is 0. The Morgan fingerprint density at radius 3 is 2.68 bits per heavy atom. The molecule has 4 rings (SSSR count). The van der Waals surface area contributed by atoms with E-state index >= 15 is 0 Å². The molecule has 0 aromatic heterocycles. The van der Waals surface area contributed by atoms with Crippen LogP contribution in [0.1, 0.15) is 69.9 Å². The van der Waals surface area contributed by atoms with Crippen LogP contribution in [0.25, 0.3) is 0 Å². The number of hydrogen-bond acceptors (Lipinski definition) is 0. The van der Waals surface area contributed by atoms with Crippen LogP contribution in [0.4, 0.5) is 0 Å². The van der Waals surface area contributed by atoms with Crippen LogP contribution in [-0.2, 0) is 6.42 Å². The summed E-state index contributed by atoms with van der Waals surface area (Å²) in [4.78, 5) is 0. The van der Waals surface area contributed by atoms with E-state index in [4.69, 9.17) is 0 Å². The third-order valence-corrected chi connectivity index (χ3v) is 6.13. The van der Waals surface area contributed by atoms with Gasteiger partial charge in [-0.25, -0.2) is 0 Å². The van der Waals surface area contributed by atoms with E-state index in [0.717, 1.165) is 17.8 Å². The van der Waals surface area contributed by atoms with E-state index < -0.39 is 0 Å². The lowest BCUT2D eigenvalue weighted by molar-refractivity contribution is 0.0789. The minimum absolute atomic E-state index is 0.698. The van der Waals surface area contributed by atoms with E-state index in [0.29, 0.717) is 5.41 Å². The fraction of sp³-hybridized carbons (Fsp3) is 0.684. The van der Waals surface area contributed by atoms with Gasteiger partial charge in [0.05, 0.1) is 0 Å². The molecule has 4 atom stereocenters. The fourth-order valence-electron chi connectivity index (χ4n) is 5.29. The standard InChI is InChI=1S/C17H22.C2H6/c1-17-9-4-7-16(17)15-11-12-5-2-3-6-13(12)14(15)8-10-17;1-2/h2-3,5-6,14-16H,4,7-11H2,1H3;1-2H3. The molecule has 2 fully saturated rings. The maximum Gasteiger partial charge on any atom is -0.0125 e. The minimum atomic E-state index is 0.698. The number of hydrogen-bond donors (Lipinski definition) is 0. The molecule has 2 saturated carbocycles. The first-order chi connectivity index (χ1) is 9.28. The second-order valence-electron chi connectivity index (χ2n) is 6.86. The summed E-state index contributed by atoms with van der Waals surface area (Å²) in [5, 5.41) is 0. The molecule has 3 aliphatic carbocycles. The van der Waals surface area contributed by atoms with Crippen molar-refractivity contribution in [1.82, 2.24) is 0 Å². The molecule has 0 aliphatic heterocycles. The van der Waals surface area contributed by atoms with Crippen molar-refractivity contribution >= 4 is 0 Å². The molecule has 0 bridgehead atoms. The molecule has 4 unspecified atom stereocenters. The van der Waals surface area contributed by atoms with Gasteiger partial charge in [0.25, 0.3) is 0 Å². The Kier molecular flexibility index (Phi) is 3.45. The van der Waals surface area contributed by atoms with E-state index in [-0.39, 0.29) is 0 Å². The Morgan fingerprint density at radius 2 is 1.84 bits per heavy atom. The summed E-state index contributed by atoms with van der Waals surface area (Å²) in [6, 6.07) is 9.24. The molecule has 0 radical (unpaired) electrons. The van der Waals surface area contributed by atoms with Crippen LogP contribution in [0.5, 0.6) is 0 Å². The van der Waals surface area contributed by atoms with Gasteiger partial charge < -0.3 is 0 Å². The summed E-state index contributed by atoms with van der Waals surface area (Å²) >= 11 is 0. The summed E-state index contributed by atoms with van der Waals surface area (Å²) in [6.45, 7) is 6.57. The van der Waals surface area contributed by atoms with Crippen LogP contribution in [0.2, 0.25) is 0 Å². The molecule has 104 valence electrons. The zero-order chi connectivity index (χ0) is 13.5. The average Bonchev–Trinajstić information content (AvgIpc) is 3.00. The summed E-state index contributed by atoms with van der Waals surface area (Å²) in [5.74, 6) is 2.91. The second-order valence-corrected chi connectivity index (χ2v) is 6.86. The molecular formula is C19H28. The highest BCUT2D eigenvalue weighted by Gasteiger charge is 2.51. The Bertz CT molecular complexity index is 447. The molecule has 0 amide bonds. The minimum Gasteiger partial charge on any atom is -0.0683 e. The lowest BCUT2D eigenvalue weighted by Gasteiger charge is -2.44. The molecule has 0 spiro atoms. The highest BCUT2D eigenvalue weighted by atomic mass is 14.6. The Balaban J connectivity index is 0.000000528. The normalized spacial score (nSPS) is 38.8. The average molecular weight is 256 g/mol. The van der Waals surface area contributed by atoms with Crippen LogP contribution in [-0.4, -0.2) is 0 Å². The Labute approximate surface area is 118 Å². The third kappa shape index (κ3) is 1.95. The first-order valence-corrected chi connectivity index (χ1v) is 8.36. The summed E-state index contributed by atoms with van der Waals surface area (Å²) in [7, 11) is 0. The van der Waals surface area contributed by atoms with Crippen molar-refractivity contribution < 1.29 is 0 Å². The highest BCUT2D eigenvalue weighted by Crippen LogP contribution is 2.61. The van der Waals surface area contributed by atoms with Crippen molar-refractivity contribution in [3.8, 4) is 0 Å². The first-order valence-electron chi connectivity index (χ1n) is 8.36. The third-order valence-electron chi connectivity index (χ3n) is 6.13. The van der Waals surface area contributed by atoms with Crippen LogP contribution < -0.4 is 0 Å². The number of fused-ring (bicyclic) bond motifs is 5. The van der Waals surface area contributed by atoms with Gasteiger partial charge in [0.1, 0.15) is 0 Å². The van der Waals surface area contributed by atoms with Crippen molar-refractivity contribution in [3.63, 3.8) is 0 Å². The van der Waals surface area contributed by atoms with Gasteiger partial charge in [-0.15, -0.1) is 0 Å². The summed E-state index contributed by atoms with van der Waals surface area (Å²) in [6.07, 6.45) is 8.80. The summed E-state index contributed by atoms with van der Waals surface area (Å²) in [5.41, 5.74) is 4.06.